The second kappa shape index (κ2) is 7.52. The number of hydrogen-bond donors (Lipinski definition) is 1. The zero-order chi connectivity index (χ0) is 16.1. The number of carbonyl (C=O) groups is 1. The van der Waals surface area contributed by atoms with Gasteiger partial charge in [-0.3, -0.25) is 9.88 Å². The van der Waals surface area contributed by atoms with Crippen molar-refractivity contribution in [3.8, 4) is 0 Å². The summed E-state index contributed by atoms with van der Waals surface area (Å²) in [6.07, 6.45) is 4.33. The van der Waals surface area contributed by atoms with E-state index < -0.39 is 0 Å². The van der Waals surface area contributed by atoms with Crippen LogP contribution in [-0.2, 0) is 6.54 Å². The van der Waals surface area contributed by atoms with Gasteiger partial charge in [0.15, 0.2) is 0 Å². The number of aromatic nitrogens is 2. The molecule has 122 valence electrons. The van der Waals surface area contributed by atoms with E-state index in [0.29, 0.717) is 0 Å². The van der Waals surface area contributed by atoms with Crippen LogP contribution in [0.3, 0.4) is 0 Å². The van der Waals surface area contributed by atoms with Crippen LogP contribution < -0.4 is 5.32 Å². The van der Waals surface area contributed by atoms with Crippen LogP contribution in [0, 0.1) is 6.92 Å². The molecule has 0 saturated carbocycles. The molecule has 0 aliphatic carbocycles. The monoisotopic (exact) mass is 331 g/mol. The molecule has 1 aliphatic rings. The summed E-state index contributed by atoms with van der Waals surface area (Å²) in [5, 5.41) is 6.15. The van der Waals surface area contributed by atoms with Crippen LogP contribution in [0.25, 0.3) is 0 Å². The Hall–Kier alpha value is -1.99. The minimum absolute atomic E-state index is 0.0393. The van der Waals surface area contributed by atoms with Crippen molar-refractivity contribution in [3.63, 3.8) is 0 Å². The lowest BCUT2D eigenvalue weighted by Crippen LogP contribution is -2.38. The number of pyridine rings is 1. The minimum atomic E-state index is -0.0393. The van der Waals surface area contributed by atoms with Crippen LogP contribution in [0.15, 0.2) is 29.9 Å². The zero-order valence-electron chi connectivity index (χ0n) is 13.2. The molecule has 1 aliphatic heterocycles. The third kappa shape index (κ3) is 4.49. The van der Waals surface area contributed by atoms with Gasteiger partial charge in [-0.05, 0) is 25.5 Å². The van der Waals surface area contributed by atoms with E-state index in [0.717, 1.165) is 55.5 Å². The molecule has 7 heteroatoms. The summed E-state index contributed by atoms with van der Waals surface area (Å²) in [5.74, 6) is 0. The molecule has 0 spiro atoms. The summed E-state index contributed by atoms with van der Waals surface area (Å²) in [6.45, 7) is 6.28. The lowest BCUT2D eigenvalue weighted by molar-refractivity contribution is 0.211. The highest BCUT2D eigenvalue weighted by atomic mass is 32.1. The van der Waals surface area contributed by atoms with Gasteiger partial charge < -0.3 is 10.2 Å². The fraction of sp³-hybridized carbons (Fsp3) is 0.438. The number of anilines is 1. The summed E-state index contributed by atoms with van der Waals surface area (Å²) in [6, 6.07) is 3.56. The van der Waals surface area contributed by atoms with Gasteiger partial charge in [-0.1, -0.05) is 0 Å². The second-order valence-corrected chi connectivity index (χ2v) is 6.70. The van der Waals surface area contributed by atoms with Crippen molar-refractivity contribution in [1.82, 2.24) is 19.8 Å². The number of carbonyl (C=O) groups excluding carboxylic acids is 1. The van der Waals surface area contributed by atoms with Crippen molar-refractivity contribution >= 4 is 23.1 Å². The van der Waals surface area contributed by atoms with E-state index in [2.05, 4.69) is 25.6 Å². The Morgan fingerprint density at radius 3 is 2.83 bits per heavy atom. The first kappa shape index (κ1) is 15.9. The summed E-state index contributed by atoms with van der Waals surface area (Å²) < 4.78 is 0. The molecule has 0 aromatic carbocycles. The highest BCUT2D eigenvalue weighted by Crippen LogP contribution is 2.13. The molecule has 1 fully saturated rings. The predicted molar refractivity (Wildman–Crippen MR) is 91.6 cm³/mol. The first-order valence-electron chi connectivity index (χ1n) is 7.80. The third-order valence-electron chi connectivity index (χ3n) is 3.86. The maximum absolute atomic E-state index is 12.4. The second-order valence-electron chi connectivity index (χ2n) is 5.64. The van der Waals surface area contributed by atoms with Crippen molar-refractivity contribution in [2.75, 3.05) is 31.5 Å². The molecule has 1 N–H and O–H groups in total. The van der Waals surface area contributed by atoms with Crippen LogP contribution in [0.5, 0.6) is 0 Å². The lowest BCUT2D eigenvalue weighted by Gasteiger charge is -2.22. The largest absolute Gasteiger partial charge is 0.323 e. The number of hydrogen-bond acceptors (Lipinski definition) is 5. The molecule has 0 bridgehead atoms. The number of nitrogens with zero attached hydrogens (tertiary/aromatic N) is 4. The summed E-state index contributed by atoms with van der Waals surface area (Å²) in [7, 11) is 0. The Morgan fingerprint density at radius 2 is 2.09 bits per heavy atom. The van der Waals surface area contributed by atoms with Crippen molar-refractivity contribution < 1.29 is 4.79 Å². The van der Waals surface area contributed by atoms with Crippen LogP contribution in [-0.4, -0.2) is 52.0 Å². The molecule has 23 heavy (non-hydrogen) atoms. The Kier molecular flexibility index (Phi) is 5.19. The SMILES string of the molecule is Cc1nc(CN2CCCN(C(=O)Nc3ccncc3)CC2)cs1. The van der Waals surface area contributed by atoms with E-state index in [9.17, 15) is 4.79 Å². The molecule has 0 unspecified atom stereocenters. The molecule has 3 rings (SSSR count). The normalized spacial score (nSPS) is 16.1. The fourth-order valence-electron chi connectivity index (χ4n) is 2.68. The molecule has 6 nitrogen and oxygen atoms in total. The van der Waals surface area contributed by atoms with Crippen LogP contribution >= 0.6 is 11.3 Å². The number of nitrogens with one attached hydrogen (secondary N) is 1. The predicted octanol–water partition coefficient (Wildman–Crippen LogP) is 2.59. The van der Waals surface area contributed by atoms with Crippen molar-refractivity contribution in [2.45, 2.75) is 19.9 Å². The van der Waals surface area contributed by atoms with E-state index >= 15 is 0 Å². The van der Waals surface area contributed by atoms with Crippen LogP contribution in [0.1, 0.15) is 17.1 Å². The molecule has 2 aromatic rings. The highest BCUT2D eigenvalue weighted by Gasteiger charge is 2.19. The number of aryl methyl sites for hydroxylation is 1. The Labute approximate surface area is 140 Å². The average Bonchev–Trinajstić information content (AvgIpc) is 2.82. The van der Waals surface area contributed by atoms with Crippen molar-refractivity contribution in [3.05, 3.63) is 40.6 Å². The van der Waals surface area contributed by atoms with Gasteiger partial charge in [0.05, 0.1) is 10.7 Å². The van der Waals surface area contributed by atoms with Gasteiger partial charge in [-0.25, -0.2) is 9.78 Å². The van der Waals surface area contributed by atoms with Gasteiger partial charge in [0.25, 0.3) is 0 Å². The Morgan fingerprint density at radius 1 is 1.26 bits per heavy atom. The van der Waals surface area contributed by atoms with E-state index in [1.165, 1.54) is 0 Å². The van der Waals surface area contributed by atoms with Gasteiger partial charge in [-0.15, -0.1) is 11.3 Å². The smallest absolute Gasteiger partial charge is 0.321 e. The van der Waals surface area contributed by atoms with E-state index in [1.54, 1.807) is 35.9 Å². The molecule has 3 heterocycles. The maximum atomic E-state index is 12.4. The van der Waals surface area contributed by atoms with E-state index in [1.807, 2.05) is 11.8 Å². The number of thiazole rings is 1. The quantitative estimate of drug-likeness (QED) is 0.939. The molecular formula is C16H21N5OS. The van der Waals surface area contributed by atoms with E-state index in [-0.39, 0.29) is 6.03 Å². The summed E-state index contributed by atoms with van der Waals surface area (Å²) >= 11 is 1.69. The fourth-order valence-corrected chi connectivity index (χ4v) is 3.28. The Bertz CT molecular complexity index is 645. The lowest BCUT2D eigenvalue weighted by atomic mass is 10.3. The van der Waals surface area contributed by atoms with Gasteiger partial charge >= 0.3 is 6.03 Å². The summed E-state index contributed by atoms with van der Waals surface area (Å²) in [5.41, 5.74) is 1.91. The van der Waals surface area contributed by atoms with Gasteiger partial charge in [0, 0.05) is 56.2 Å². The third-order valence-corrected chi connectivity index (χ3v) is 4.68. The minimum Gasteiger partial charge on any atom is -0.323 e. The average molecular weight is 331 g/mol. The highest BCUT2D eigenvalue weighted by molar-refractivity contribution is 7.09. The topological polar surface area (TPSA) is 61.4 Å². The molecular weight excluding hydrogens is 310 g/mol. The molecule has 0 radical (unpaired) electrons. The summed E-state index contributed by atoms with van der Waals surface area (Å²) in [4.78, 5) is 25.1. The first-order chi connectivity index (χ1) is 11.2. The standard InChI is InChI=1S/C16H21N5OS/c1-13-18-15(12-23-13)11-20-7-2-8-21(10-9-20)16(22)19-14-3-5-17-6-4-14/h3-6,12H,2,7-11H2,1H3,(H,17,19,22). The van der Waals surface area contributed by atoms with Gasteiger partial charge in [-0.2, -0.15) is 0 Å². The number of urea groups is 1. The Balaban J connectivity index is 1.52. The molecule has 2 aromatic heterocycles. The van der Waals surface area contributed by atoms with E-state index in [4.69, 9.17) is 0 Å². The van der Waals surface area contributed by atoms with Crippen LogP contribution in [0.4, 0.5) is 10.5 Å². The molecule has 0 atom stereocenters. The molecule has 2 amide bonds. The maximum Gasteiger partial charge on any atom is 0.321 e. The zero-order valence-corrected chi connectivity index (χ0v) is 14.1. The molecule has 1 saturated heterocycles. The first-order valence-corrected chi connectivity index (χ1v) is 8.68. The van der Waals surface area contributed by atoms with Crippen molar-refractivity contribution in [1.29, 1.82) is 0 Å². The van der Waals surface area contributed by atoms with Crippen molar-refractivity contribution in [2.24, 2.45) is 0 Å². The van der Waals surface area contributed by atoms with Crippen LogP contribution in [0.2, 0.25) is 0 Å². The van der Waals surface area contributed by atoms with Gasteiger partial charge in [0.2, 0.25) is 0 Å². The number of rotatable bonds is 3. The van der Waals surface area contributed by atoms with Gasteiger partial charge in [0.1, 0.15) is 0 Å². The number of amides is 2.